The third kappa shape index (κ3) is 3.50. The Bertz CT molecular complexity index is 1730. The van der Waals surface area contributed by atoms with Crippen molar-refractivity contribution in [1.82, 2.24) is 0 Å². The van der Waals surface area contributed by atoms with Crippen LogP contribution in [0.2, 0.25) is 0 Å². The minimum absolute atomic E-state index is 0.0997. The van der Waals surface area contributed by atoms with Gasteiger partial charge in [-0.3, -0.25) is 0 Å². The molecule has 3 unspecified atom stereocenters. The lowest BCUT2D eigenvalue weighted by Gasteiger charge is -2.58. The Balaban J connectivity index is 1.55. The number of phenolic OH excluding ortho intramolecular Hbond substituents is 2. The zero-order valence-electron chi connectivity index (χ0n) is 26.7. The highest BCUT2D eigenvalue weighted by molar-refractivity contribution is 5.76. The zero-order valence-corrected chi connectivity index (χ0v) is 26.7. The second-order valence-electron chi connectivity index (χ2n) is 14.7. The summed E-state index contributed by atoms with van der Waals surface area (Å²) in [6.07, 6.45) is 7.60. The SMILES string of the molecule is CCC1(C)c2c(C#N)c3c(c(C#N)c2C1(C)CC)OC/C=C1\C(=CCO3)C2(CC1(C)C)CC(C)(C)c1cc(O)c(O)cc12. The van der Waals surface area contributed by atoms with Gasteiger partial charge in [0.1, 0.15) is 36.5 Å². The Morgan fingerprint density at radius 1 is 0.698 bits per heavy atom. The first-order chi connectivity index (χ1) is 20.2. The molecule has 2 N–H and O–H groups in total. The second kappa shape index (κ2) is 9.06. The van der Waals surface area contributed by atoms with Crippen molar-refractivity contribution < 1.29 is 19.7 Å². The van der Waals surface area contributed by atoms with E-state index in [0.29, 0.717) is 22.6 Å². The Hall–Kier alpha value is -3.90. The predicted octanol–water partition coefficient (Wildman–Crippen LogP) is 7.86. The van der Waals surface area contributed by atoms with Crippen LogP contribution in [-0.2, 0) is 21.7 Å². The van der Waals surface area contributed by atoms with E-state index in [1.807, 2.05) is 0 Å². The summed E-state index contributed by atoms with van der Waals surface area (Å²) in [6.45, 7) is 18.0. The molecule has 2 aromatic rings. The second-order valence-corrected chi connectivity index (χ2v) is 14.7. The molecular formula is C37H42N2O4. The normalized spacial score (nSPS) is 30.5. The van der Waals surface area contributed by atoms with Gasteiger partial charge in [0.25, 0.3) is 0 Å². The summed E-state index contributed by atoms with van der Waals surface area (Å²) in [5.74, 6) is 0.504. The van der Waals surface area contributed by atoms with Gasteiger partial charge in [-0.05, 0) is 94.2 Å². The molecule has 1 fully saturated rings. The first kappa shape index (κ1) is 29.2. The maximum atomic E-state index is 10.6. The number of benzene rings is 2. The highest BCUT2D eigenvalue weighted by Gasteiger charge is 2.60. The summed E-state index contributed by atoms with van der Waals surface area (Å²) >= 11 is 0. The van der Waals surface area contributed by atoms with Crippen molar-refractivity contribution in [3.05, 3.63) is 68.8 Å². The number of fused-ring (bicyclic) bond motifs is 6. The van der Waals surface area contributed by atoms with Gasteiger partial charge in [-0.1, -0.05) is 55.4 Å². The number of rotatable bonds is 2. The number of phenols is 2. The molecule has 3 atom stereocenters. The standard InChI is InChI=1S/C37H42N2O4/c1-9-35(7)29-21(17-38)31-32(22(18-39)30(29)36(35,8)10-2)43-14-12-24-23(11-13-42-31)33(3,4)19-37(24)20-34(5,6)25-15-27(40)28(41)16-26(25)37/h11-12,15-16,40-41H,9-10,13-14,19-20H2,1-8H3/b23-11+,24-12?. The molecule has 224 valence electrons. The summed E-state index contributed by atoms with van der Waals surface area (Å²) in [5.41, 5.74) is 5.85. The molecule has 43 heavy (non-hydrogen) atoms. The van der Waals surface area contributed by atoms with E-state index < -0.39 is 0 Å². The molecule has 1 saturated carbocycles. The summed E-state index contributed by atoms with van der Waals surface area (Å²) in [5, 5.41) is 42.0. The lowest BCUT2D eigenvalue weighted by Crippen LogP contribution is -2.55. The van der Waals surface area contributed by atoms with Crippen LogP contribution < -0.4 is 9.47 Å². The van der Waals surface area contributed by atoms with E-state index in [9.17, 15) is 20.7 Å². The maximum Gasteiger partial charge on any atom is 0.181 e. The number of nitrogens with zero attached hydrogens (tertiary/aromatic N) is 2. The van der Waals surface area contributed by atoms with E-state index >= 15 is 0 Å². The van der Waals surface area contributed by atoms with Crippen molar-refractivity contribution in [3.8, 4) is 35.1 Å². The Morgan fingerprint density at radius 3 is 1.60 bits per heavy atom. The van der Waals surface area contributed by atoms with Gasteiger partial charge < -0.3 is 19.7 Å². The molecule has 1 spiro atoms. The molecule has 0 bridgehead atoms. The molecule has 4 aliphatic rings. The Kier molecular flexibility index (Phi) is 6.15. The quantitative estimate of drug-likeness (QED) is 0.351. The smallest absolute Gasteiger partial charge is 0.181 e. The summed E-state index contributed by atoms with van der Waals surface area (Å²) in [6, 6.07) is 8.35. The lowest BCUT2D eigenvalue weighted by atomic mass is 9.44. The third-order valence-electron chi connectivity index (χ3n) is 11.8. The van der Waals surface area contributed by atoms with Crippen molar-refractivity contribution in [3.63, 3.8) is 0 Å². The van der Waals surface area contributed by atoms with Crippen LogP contribution in [0.4, 0.5) is 0 Å². The monoisotopic (exact) mass is 578 g/mol. The van der Waals surface area contributed by atoms with Gasteiger partial charge in [-0.2, -0.15) is 10.5 Å². The largest absolute Gasteiger partial charge is 0.504 e. The zero-order chi connectivity index (χ0) is 31.3. The number of nitriles is 2. The van der Waals surface area contributed by atoms with Crippen molar-refractivity contribution >= 4 is 0 Å². The number of ether oxygens (including phenoxy) is 2. The van der Waals surface area contributed by atoms with Crippen LogP contribution in [0, 0.1) is 28.1 Å². The van der Waals surface area contributed by atoms with Gasteiger partial charge in [0.05, 0.1) is 0 Å². The van der Waals surface area contributed by atoms with Crippen LogP contribution in [0.3, 0.4) is 0 Å². The van der Waals surface area contributed by atoms with Crippen LogP contribution in [0.1, 0.15) is 114 Å². The summed E-state index contributed by atoms with van der Waals surface area (Å²) in [7, 11) is 0. The van der Waals surface area contributed by atoms with Gasteiger partial charge in [0.15, 0.2) is 23.0 Å². The first-order valence-electron chi connectivity index (χ1n) is 15.5. The Morgan fingerprint density at radius 2 is 1.14 bits per heavy atom. The first-order valence-corrected chi connectivity index (χ1v) is 15.5. The molecular weight excluding hydrogens is 536 g/mol. The van der Waals surface area contributed by atoms with Crippen LogP contribution in [0.5, 0.6) is 23.0 Å². The van der Waals surface area contributed by atoms with E-state index in [4.69, 9.17) is 9.47 Å². The minimum Gasteiger partial charge on any atom is -0.504 e. The summed E-state index contributed by atoms with van der Waals surface area (Å²) < 4.78 is 13.0. The fourth-order valence-corrected chi connectivity index (χ4v) is 9.47. The maximum absolute atomic E-state index is 10.6. The summed E-state index contributed by atoms with van der Waals surface area (Å²) in [4.78, 5) is 0. The van der Waals surface area contributed by atoms with Crippen LogP contribution >= 0.6 is 0 Å². The predicted molar refractivity (Wildman–Crippen MR) is 166 cm³/mol. The molecule has 6 nitrogen and oxygen atoms in total. The molecule has 3 aliphatic carbocycles. The molecule has 0 amide bonds. The number of allylic oxidation sites excluding steroid dienone is 2. The van der Waals surface area contributed by atoms with E-state index in [1.165, 1.54) is 0 Å². The number of hydrogen-bond donors (Lipinski definition) is 2. The third-order valence-corrected chi connectivity index (χ3v) is 11.8. The lowest BCUT2D eigenvalue weighted by molar-refractivity contribution is 0.176. The van der Waals surface area contributed by atoms with Crippen molar-refractivity contribution in [2.45, 2.75) is 103 Å². The molecule has 0 saturated heterocycles. The van der Waals surface area contributed by atoms with Crippen molar-refractivity contribution in [1.29, 1.82) is 10.5 Å². The average molecular weight is 579 g/mol. The molecule has 1 aliphatic heterocycles. The van der Waals surface area contributed by atoms with E-state index in [0.717, 1.165) is 59.1 Å². The molecule has 0 radical (unpaired) electrons. The van der Waals surface area contributed by atoms with E-state index in [1.54, 1.807) is 12.1 Å². The van der Waals surface area contributed by atoms with Gasteiger partial charge in [0, 0.05) is 16.2 Å². The van der Waals surface area contributed by atoms with Crippen LogP contribution in [0.25, 0.3) is 0 Å². The van der Waals surface area contributed by atoms with Gasteiger partial charge >= 0.3 is 0 Å². The average Bonchev–Trinajstić information content (AvgIpc) is 3.30. The fraction of sp³-hybridized carbons (Fsp3) is 0.514. The van der Waals surface area contributed by atoms with Gasteiger partial charge in [0.2, 0.25) is 0 Å². The van der Waals surface area contributed by atoms with Gasteiger partial charge in [-0.25, -0.2) is 0 Å². The van der Waals surface area contributed by atoms with E-state index in [-0.39, 0.29) is 51.8 Å². The topological polar surface area (TPSA) is 107 Å². The van der Waals surface area contributed by atoms with Crippen molar-refractivity contribution in [2.75, 3.05) is 13.2 Å². The molecule has 0 aromatic heterocycles. The molecule has 6 rings (SSSR count). The highest BCUT2D eigenvalue weighted by Crippen LogP contribution is 2.67. The highest BCUT2D eigenvalue weighted by atomic mass is 16.5. The Labute approximate surface area is 255 Å². The molecule has 1 heterocycles. The van der Waals surface area contributed by atoms with Crippen LogP contribution in [-0.4, -0.2) is 23.4 Å². The molecule has 2 aromatic carbocycles. The van der Waals surface area contributed by atoms with E-state index in [2.05, 4.69) is 79.7 Å². The van der Waals surface area contributed by atoms with Gasteiger partial charge in [-0.15, -0.1) is 0 Å². The fourth-order valence-electron chi connectivity index (χ4n) is 9.47. The number of hydrogen-bond acceptors (Lipinski definition) is 6. The molecule has 6 heteroatoms. The van der Waals surface area contributed by atoms with Crippen molar-refractivity contribution in [2.24, 2.45) is 5.41 Å². The van der Waals surface area contributed by atoms with Crippen LogP contribution in [0.15, 0.2) is 35.4 Å². The minimum atomic E-state index is -0.384. The number of aromatic hydroxyl groups is 2.